The van der Waals surface area contributed by atoms with Crippen LogP contribution in [0.25, 0.3) is 0 Å². The third-order valence-electron chi connectivity index (χ3n) is 5.20. The van der Waals surface area contributed by atoms with Crippen LogP contribution < -0.4 is 5.32 Å². The van der Waals surface area contributed by atoms with Gasteiger partial charge in [0.25, 0.3) is 0 Å². The van der Waals surface area contributed by atoms with E-state index in [4.69, 9.17) is 0 Å². The number of nitrogens with one attached hydrogen (secondary N) is 1. The van der Waals surface area contributed by atoms with Crippen molar-refractivity contribution in [2.45, 2.75) is 57.9 Å². The first kappa shape index (κ1) is 12.9. The maximum absolute atomic E-state index is 12.3. The van der Waals surface area contributed by atoms with Gasteiger partial charge < -0.3 is 10.2 Å². The minimum absolute atomic E-state index is 0.102. The predicted molar refractivity (Wildman–Crippen MR) is 72.4 cm³/mol. The second-order valence-corrected chi connectivity index (χ2v) is 6.69. The molecule has 3 fully saturated rings. The molecule has 0 unspecified atom stereocenters. The van der Waals surface area contributed by atoms with E-state index in [1.54, 1.807) is 0 Å². The maximum atomic E-state index is 12.3. The van der Waals surface area contributed by atoms with Crippen LogP contribution in [-0.4, -0.2) is 35.8 Å². The van der Waals surface area contributed by atoms with Crippen LogP contribution in [0.3, 0.4) is 0 Å². The van der Waals surface area contributed by atoms with Crippen LogP contribution in [0.5, 0.6) is 0 Å². The van der Waals surface area contributed by atoms with E-state index in [0.717, 1.165) is 25.9 Å². The molecule has 0 atom stereocenters. The van der Waals surface area contributed by atoms with Crippen LogP contribution >= 0.6 is 0 Å². The number of hydrogen-bond donors (Lipinski definition) is 1. The summed E-state index contributed by atoms with van der Waals surface area (Å²) in [4.78, 5) is 25.6. The summed E-state index contributed by atoms with van der Waals surface area (Å²) in [6.45, 7) is 3.85. The van der Waals surface area contributed by atoms with E-state index in [1.807, 2.05) is 11.8 Å². The van der Waals surface area contributed by atoms with Gasteiger partial charge in [-0.15, -0.1) is 0 Å². The van der Waals surface area contributed by atoms with Gasteiger partial charge in [-0.3, -0.25) is 9.59 Å². The fourth-order valence-electron chi connectivity index (χ4n) is 3.89. The summed E-state index contributed by atoms with van der Waals surface area (Å²) in [5.74, 6) is 0.602. The Morgan fingerprint density at radius 1 is 1.21 bits per heavy atom. The molecule has 0 bridgehead atoms. The van der Waals surface area contributed by atoms with Gasteiger partial charge in [0.15, 0.2) is 0 Å². The molecule has 4 heteroatoms. The van der Waals surface area contributed by atoms with E-state index in [-0.39, 0.29) is 17.9 Å². The number of rotatable bonds is 3. The molecule has 0 aromatic rings. The lowest BCUT2D eigenvalue weighted by Crippen LogP contribution is -2.60. The van der Waals surface area contributed by atoms with Crippen LogP contribution in [0.1, 0.15) is 51.9 Å². The predicted octanol–water partition coefficient (Wildman–Crippen LogP) is 1.69. The molecular formula is C15H24N2O2. The average molecular weight is 264 g/mol. The normalized spacial score (nSPS) is 31.7. The molecule has 0 aromatic heterocycles. The van der Waals surface area contributed by atoms with Gasteiger partial charge in [-0.2, -0.15) is 0 Å². The molecule has 1 heterocycles. The third kappa shape index (κ3) is 2.37. The van der Waals surface area contributed by atoms with Gasteiger partial charge in [0.2, 0.25) is 11.8 Å². The summed E-state index contributed by atoms with van der Waals surface area (Å²) < 4.78 is 0. The number of likely N-dealkylation sites (tertiary alicyclic amines) is 1. The van der Waals surface area contributed by atoms with Gasteiger partial charge >= 0.3 is 0 Å². The topological polar surface area (TPSA) is 49.4 Å². The van der Waals surface area contributed by atoms with Crippen molar-refractivity contribution in [1.82, 2.24) is 10.2 Å². The number of carbonyl (C=O) groups excluding carboxylic acids is 2. The fourth-order valence-corrected chi connectivity index (χ4v) is 3.89. The quantitative estimate of drug-likeness (QED) is 0.843. The Hall–Kier alpha value is -1.06. The molecule has 2 aliphatic carbocycles. The lowest BCUT2D eigenvalue weighted by atomic mass is 9.74. The van der Waals surface area contributed by atoms with Gasteiger partial charge in [0.05, 0.1) is 0 Å². The SMILES string of the molecule is CCC(=O)NC1CC(C(=O)N2CC3(CCCC3)C2)C1. The van der Waals surface area contributed by atoms with Crippen molar-refractivity contribution in [1.29, 1.82) is 0 Å². The minimum Gasteiger partial charge on any atom is -0.353 e. The molecule has 3 aliphatic rings. The van der Waals surface area contributed by atoms with E-state index in [9.17, 15) is 9.59 Å². The van der Waals surface area contributed by atoms with E-state index in [2.05, 4.69) is 5.32 Å². The largest absolute Gasteiger partial charge is 0.353 e. The van der Waals surface area contributed by atoms with Crippen molar-refractivity contribution in [2.24, 2.45) is 11.3 Å². The molecule has 1 N–H and O–H groups in total. The Labute approximate surface area is 114 Å². The Bertz CT molecular complexity index is 374. The molecule has 2 saturated carbocycles. The molecule has 1 spiro atoms. The van der Waals surface area contributed by atoms with Crippen molar-refractivity contribution >= 4 is 11.8 Å². The van der Waals surface area contributed by atoms with Gasteiger partial charge in [0, 0.05) is 36.9 Å². The van der Waals surface area contributed by atoms with E-state index in [1.165, 1.54) is 25.7 Å². The lowest BCUT2D eigenvalue weighted by Gasteiger charge is -2.51. The van der Waals surface area contributed by atoms with Crippen molar-refractivity contribution < 1.29 is 9.59 Å². The molecule has 1 saturated heterocycles. The molecule has 2 amide bonds. The molecular weight excluding hydrogens is 240 g/mol. The monoisotopic (exact) mass is 264 g/mol. The Morgan fingerprint density at radius 3 is 2.42 bits per heavy atom. The zero-order valence-corrected chi connectivity index (χ0v) is 11.8. The second-order valence-electron chi connectivity index (χ2n) is 6.69. The first-order valence-electron chi connectivity index (χ1n) is 7.70. The average Bonchev–Trinajstić information content (AvgIpc) is 2.79. The highest BCUT2D eigenvalue weighted by molar-refractivity contribution is 5.82. The molecule has 3 rings (SSSR count). The number of hydrogen-bond acceptors (Lipinski definition) is 2. The molecule has 19 heavy (non-hydrogen) atoms. The number of amides is 2. The molecule has 4 nitrogen and oxygen atoms in total. The van der Waals surface area contributed by atoms with Gasteiger partial charge in [0.1, 0.15) is 0 Å². The van der Waals surface area contributed by atoms with Crippen LogP contribution in [0.15, 0.2) is 0 Å². The van der Waals surface area contributed by atoms with Gasteiger partial charge in [-0.1, -0.05) is 19.8 Å². The number of nitrogens with zero attached hydrogens (tertiary/aromatic N) is 1. The van der Waals surface area contributed by atoms with Crippen molar-refractivity contribution in [2.75, 3.05) is 13.1 Å². The maximum Gasteiger partial charge on any atom is 0.225 e. The Kier molecular flexibility index (Phi) is 3.27. The third-order valence-corrected chi connectivity index (χ3v) is 5.20. The van der Waals surface area contributed by atoms with E-state index < -0.39 is 0 Å². The zero-order valence-electron chi connectivity index (χ0n) is 11.8. The smallest absolute Gasteiger partial charge is 0.225 e. The van der Waals surface area contributed by atoms with E-state index in [0.29, 0.717) is 17.7 Å². The second kappa shape index (κ2) is 4.80. The number of carbonyl (C=O) groups is 2. The van der Waals surface area contributed by atoms with Crippen LogP contribution in [0.4, 0.5) is 0 Å². The van der Waals surface area contributed by atoms with Crippen molar-refractivity contribution in [3.8, 4) is 0 Å². The van der Waals surface area contributed by atoms with Crippen LogP contribution in [0.2, 0.25) is 0 Å². The highest BCUT2D eigenvalue weighted by Crippen LogP contribution is 2.46. The van der Waals surface area contributed by atoms with Crippen molar-refractivity contribution in [3.05, 3.63) is 0 Å². The zero-order chi connectivity index (χ0) is 13.5. The summed E-state index contributed by atoms with van der Waals surface area (Å²) >= 11 is 0. The Morgan fingerprint density at radius 2 is 1.84 bits per heavy atom. The fraction of sp³-hybridized carbons (Fsp3) is 0.867. The highest BCUT2D eigenvalue weighted by atomic mass is 16.2. The summed E-state index contributed by atoms with van der Waals surface area (Å²) in [5, 5.41) is 2.96. The summed E-state index contributed by atoms with van der Waals surface area (Å²) in [6, 6.07) is 0.239. The molecule has 106 valence electrons. The lowest BCUT2D eigenvalue weighted by molar-refractivity contribution is -0.151. The van der Waals surface area contributed by atoms with Crippen molar-refractivity contribution in [3.63, 3.8) is 0 Å². The van der Waals surface area contributed by atoms with Gasteiger partial charge in [-0.25, -0.2) is 0 Å². The molecule has 1 aliphatic heterocycles. The standard InChI is InChI=1S/C15H24N2O2/c1-2-13(18)16-12-7-11(8-12)14(19)17-9-15(10-17)5-3-4-6-15/h11-12H,2-10H2,1H3,(H,16,18). The Balaban J connectivity index is 1.40. The summed E-state index contributed by atoms with van der Waals surface area (Å²) in [6.07, 6.45) is 7.53. The van der Waals surface area contributed by atoms with E-state index >= 15 is 0 Å². The highest BCUT2D eigenvalue weighted by Gasteiger charge is 2.49. The van der Waals surface area contributed by atoms with Crippen LogP contribution in [-0.2, 0) is 9.59 Å². The first-order valence-corrected chi connectivity index (χ1v) is 7.70. The minimum atomic E-state index is 0.102. The van der Waals surface area contributed by atoms with Crippen LogP contribution in [0, 0.1) is 11.3 Å². The van der Waals surface area contributed by atoms with Gasteiger partial charge in [-0.05, 0) is 25.7 Å². The molecule has 0 radical (unpaired) electrons. The summed E-state index contributed by atoms with van der Waals surface area (Å²) in [7, 11) is 0. The summed E-state index contributed by atoms with van der Waals surface area (Å²) in [5.41, 5.74) is 0.495. The molecule has 0 aromatic carbocycles. The first-order chi connectivity index (χ1) is 9.12.